The smallest absolute Gasteiger partial charge is 0.269 e. The summed E-state index contributed by atoms with van der Waals surface area (Å²) in [7, 11) is 0. The van der Waals surface area contributed by atoms with Crippen LogP contribution >= 0.6 is 0 Å². The first-order valence-corrected chi connectivity index (χ1v) is 6.49. The van der Waals surface area contributed by atoms with E-state index in [0.717, 1.165) is 11.1 Å². The summed E-state index contributed by atoms with van der Waals surface area (Å²) in [6, 6.07) is 5.54. The summed E-state index contributed by atoms with van der Waals surface area (Å²) in [5, 5.41) is 12.4. The van der Waals surface area contributed by atoms with E-state index in [0.29, 0.717) is 12.2 Å². The molecule has 3 aromatic rings. The van der Waals surface area contributed by atoms with Gasteiger partial charge < -0.3 is 4.42 Å². The van der Waals surface area contributed by atoms with E-state index in [1.54, 1.807) is 18.5 Å². The van der Waals surface area contributed by atoms with Crippen LogP contribution in [0, 0.1) is 0 Å². The summed E-state index contributed by atoms with van der Waals surface area (Å²) in [5.74, 6) is -1.22. The molecule has 3 aromatic heterocycles. The predicted molar refractivity (Wildman–Crippen MR) is 73.0 cm³/mol. The van der Waals surface area contributed by atoms with E-state index in [-0.39, 0.29) is 12.2 Å². The Morgan fingerprint density at radius 2 is 2.00 bits per heavy atom. The minimum atomic E-state index is -0.792. The molecule has 110 valence electrons. The Morgan fingerprint density at radius 3 is 2.73 bits per heavy atom. The highest BCUT2D eigenvalue weighted by molar-refractivity contribution is 6.42. The van der Waals surface area contributed by atoms with Crippen molar-refractivity contribution >= 4 is 11.6 Å². The Labute approximate surface area is 124 Å². The topological polar surface area (TPSA) is 115 Å². The largest absolute Gasteiger partial charge is 0.469 e. The fourth-order valence-corrected chi connectivity index (χ4v) is 2.01. The van der Waals surface area contributed by atoms with Gasteiger partial charge in [-0.3, -0.25) is 14.6 Å². The van der Waals surface area contributed by atoms with Gasteiger partial charge in [-0.25, -0.2) is 0 Å². The number of nitrogens with zero attached hydrogens (tertiary/aromatic N) is 4. The quantitative estimate of drug-likeness (QED) is 0.528. The number of aromatic amines is 1. The number of carbonyl (C=O) groups is 2. The molecule has 0 aliphatic carbocycles. The third kappa shape index (κ3) is 2.95. The number of furan rings is 1. The zero-order valence-corrected chi connectivity index (χ0v) is 11.4. The summed E-state index contributed by atoms with van der Waals surface area (Å²) in [6.45, 7) is 0. The monoisotopic (exact) mass is 297 g/mol. The zero-order valence-electron chi connectivity index (χ0n) is 11.4. The third-order valence-electron chi connectivity index (χ3n) is 3.10. The lowest BCUT2D eigenvalue weighted by atomic mass is 10.0. The van der Waals surface area contributed by atoms with Gasteiger partial charge in [0.05, 0.1) is 12.7 Å². The van der Waals surface area contributed by atoms with Crippen LogP contribution in [0.15, 0.2) is 41.3 Å². The van der Waals surface area contributed by atoms with Crippen LogP contribution in [0.25, 0.3) is 0 Å². The van der Waals surface area contributed by atoms with Crippen molar-refractivity contribution in [1.29, 1.82) is 0 Å². The van der Waals surface area contributed by atoms with Gasteiger partial charge in [-0.05, 0) is 34.5 Å². The van der Waals surface area contributed by atoms with Crippen LogP contribution in [0.1, 0.15) is 27.5 Å². The normalized spacial score (nSPS) is 10.5. The highest BCUT2D eigenvalue weighted by atomic mass is 16.3. The average Bonchev–Trinajstić information content (AvgIpc) is 3.20. The van der Waals surface area contributed by atoms with E-state index in [1.807, 2.05) is 12.1 Å². The van der Waals surface area contributed by atoms with Crippen molar-refractivity contribution in [2.24, 2.45) is 0 Å². The lowest BCUT2D eigenvalue weighted by molar-refractivity contribution is -0.114. The molecule has 0 atom stereocenters. The van der Waals surface area contributed by atoms with Crippen LogP contribution in [0.2, 0.25) is 0 Å². The van der Waals surface area contributed by atoms with Crippen molar-refractivity contribution in [3.8, 4) is 0 Å². The molecule has 1 N–H and O–H groups in total. The number of carbonyl (C=O) groups excluding carboxylic acids is 2. The van der Waals surface area contributed by atoms with E-state index in [9.17, 15) is 9.59 Å². The Kier molecular flexibility index (Phi) is 3.82. The molecule has 0 fully saturated rings. The van der Waals surface area contributed by atoms with Gasteiger partial charge in [-0.15, -0.1) is 10.2 Å². The number of nitrogens with one attached hydrogen (secondary N) is 1. The molecule has 0 saturated carbocycles. The molecule has 0 radical (unpaired) electrons. The SMILES string of the molecule is O=C(Cc1occc1Cc1ccncc1)C(=O)c1nn[nH]n1. The Balaban J connectivity index is 1.72. The number of H-pyrrole nitrogens is 1. The van der Waals surface area contributed by atoms with E-state index >= 15 is 0 Å². The predicted octanol–water partition coefficient (Wildman–Crippen LogP) is 0.773. The second-order valence-corrected chi connectivity index (χ2v) is 4.57. The highest BCUT2D eigenvalue weighted by Crippen LogP contribution is 2.16. The second kappa shape index (κ2) is 6.08. The average molecular weight is 297 g/mol. The minimum Gasteiger partial charge on any atom is -0.469 e. The van der Waals surface area contributed by atoms with Gasteiger partial charge in [0.25, 0.3) is 5.78 Å². The molecule has 0 bridgehead atoms. The molecule has 22 heavy (non-hydrogen) atoms. The molecule has 0 aromatic carbocycles. The number of ketones is 2. The molecule has 8 nitrogen and oxygen atoms in total. The van der Waals surface area contributed by atoms with Gasteiger partial charge in [0, 0.05) is 18.8 Å². The fourth-order valence-electron chi connectivity index (χ4n) is 2.01. The molecular formula is C14H11N5O3. The van der Waals surface area contributed by atoms with Gasteiger partial charge in [0.2, 0.25) is 11.6 Å². The van der Waals surface area contributed by atoms with Crippen LogP contribution < -0.4 is 0 Å². The summed E-state index contributed by atoms with van der Waals surface area (Å²) in [5.41, 5.74) is 1.88. The van der Waals surface area contributed by atoms with E-state index in [1.165, 1.54) is 6.26 Å². The summed E-state index contributed by atoms with van der Waals surface area (Å²) in [6.07, 6.45) is 5.34. The van der Waals surface area contributed by atoms with Crippen LogP contribution in [0.3, 0.4) is 0 Å². The van der Waals surface area contributed by atoms with Crippen LogP contribution in [0.5, 0.6) is 0 Å². The number of aromatic nitrogens is 5. The van der Waals surface area contributed by atoms with Gasteiger partial charge in [0.15, 0.2) is 0 Å². The number of tetrazole rings is 1. The molecule has 0 unspecified atom stereocenters. The second-order valence-electron chi connectivity index (χ2n) is 4.57. The summed E-state index contributed by atoms with van der Waals surface area (Å²) >= 11 is 0. The summed E-state index contributed by atoms with van der Waals surface area (Å²) < 4.78 is 5.32. The number of pyridine rings is 1. The maximum atomic E-state index is 12.0. The first kappa shape index (κ1) is 13.8. The van der Waals surface area contributed by atoms with Crippen molar-refractivity contribution in [3.05, 3.63) is 59.6 Å². The molecular weight excluding hydrogens is 286 g/mol. The fraction of sp³-hybridized carbons (Fsp3) is 0.143. The Hall–Kier alpha value is -3.16. The molecule has 0 aliphatic heterocycles. The van der Waals surface area contributed by atoms with E-state index in [4.69, 9.17) is 4.42 Å². The lowest BCUT2D eigenvalue weighted by Gasteiger charge is -2.01. The van der Waals surface area contributed by atoms with Crippen LogP contribution in [0.4, 0.5) is 0 Å². The first-order valence-electron chi connectivity index (χ1n) is 6.49. The van der Waals surface area contributed by atoms with Gasteiger partial charge in [-0.1, -0.05) is 0 Å². The Morgan fingerprint density at radius 1 is 1.18 bits per heavy atom. The van der Waals surface area contributed by atoms with Gasteiger partial charge in [0.1, 0.15) is 5.76 Å². The van der Waals surface area contributed by atoms with Crippen molar-refractivity contribution in [2.75, 3.05) is 0 Å². The van der Waals surface area contributed by atoms with E-state index < -0.39 is 11.6 Å². The molecule has 0 spiro atoms. The maximum Gasteiger partial charge on any atom is 0.269 e. The molecule has 0 aliphatic rings. The molecule has 8 heteroatoms. The minimum absolute atomic E-state index is 0.138. The van der Waals surface area contributed by atoms with Crippen molar-refractivity contribution in [2.45, 2.75) is 12.8 Å². The number of Topliss-reactive ketones (excluding diaryl/α,β-unsaturated/α-hetero) is 2. The van der Waals surface area contributed by atoms with Gasteiger partial charge in [-0.2, -0.15) is 5.21 Å². The maximum absolute atomic E-state index is 12.0. The first-order chi connectivity index (χ1) is 10.7. The van der Waals surface area contributed by atoms with Crippen molar-refractivity contribution in [1.82, 2.24) is 25.6 Å². The van der Waals surface area contributed by atoms with Crippen molar-refractivity contribution < 1.29 is 14.0 Å². The number of rotatable bonds is 6. The molecule has 3 rings (SSSR count). The standard InChI is InChI=1S/C14H11N5O3/c20-11(13(21)14-16-18-19-17-14)8-12-10(3-6-22-12)7-9-1-4-15-5-2-9/h1-6H,7-8H2,(H,16,17,18,19). The third-order valence-corrected chi connectivity index (χ3v) is 3.10. The zero-order chi connectivity index (χ0) is 15.4. The summed E-state index contributed by atoms with van der Waals surface area (Å²) in [4.78, 5) is 27.7. The molecule has 0 amide bonds. The highest BCUT2D eigenvalue weighted by Gasteiger charge is 2.23. The van der Waals surface area contributed by atoms with Crippen LogP contribution in [-0.2, 0) is 17.6 Å². The number of hydrogen-bond acceptors (Lipinski definition) is 7. The van der Waals surface area contributed by atoms with Crippen molar-refractivity contribution in [3.63, 3.8) is 0 Å². The van der Waals surface area contributed by atoms with Crippen LogP contribution in [-0.4, -0.2) is 37.2 Å². The molecule has 0 saturated heterocycles. The van der Waals surface area contributed by atoms with Gasteiger partial charge >= 0.3 is 0 Å². The number of hydrogen-bond donors (Lipinski definition) is 1. The van der Waals surface area contributed by atoms with E-state index in [2.05, 4.69) is 25.6 Å². The Bertz CT molecular complexity index is 780. The lowest BCUT2D eigenvalue weighted by Crippen LogP contribution is -2.18. The molecule has 3 heterocycles.